The maximum atomic E-state index is 8.78. The fraction of sp³-hybridized carbons (Fsp3) is 0.244. The van der Waals surface area contributed by atoms with Gasteiger partial charge in [0.2, 0.25) is 0 Å². The van der Waals surface area contributed by atoms with Crippen LogP contribution in [0.1, 0.15) is 104 Å². The van der Waals surface area contributed by atoms with Crippen LogP contribution < -0.4 is 39.2 Å². The molecule has 0 spiro atoms. The molecule has 16 aromatic rings. The standard InChI is InChI=1S/3C23H23N3O.C21H19N3O/c1-14(2)25-16(4)26(19-9-7-13-24-23(19)25)21-15(3)11-12-18-17-8-5-6-10-20(17)27-22(18)21;2*1-14(2)25-16(4)26(23-19(25)9-7-13-24-23)21-15(3)11-12-18-17-8-5-6-10-20(17)27-22(18)21;1-13-10-11-16-15-7-4-5-9-18(15)25-20(16)19(13)24-14(2)23(3)21-17(24)8-6-12-22-21/h3*5-14,16H,1-4H3;4-12,14H,1-3H3/i14D;1D3,14D;14D;3D3. The van der Waals surface area contributed by atoms with E-state index < -0.39 is 44.2 Å². The zero-order valence-electron chi connectivity index (χ0n) is 70.6. The Hall–Kier alpha value is -12.0. The van der Waals surface area contributed by atoms with Crippen molar-refractivity contribution in [3.05, 3.63) is 241 Å². The molecule has 106 heavy (non-hydrogen) atoms. The van der Waals surface area contributed by atoms with Gasteiger partial charge in [-0.1, -0.05) is 121 Å². The van der Waals surface area contributed by atoms with Crippen molar-refractivity contribution < 1.29 is 30.0 Å². The third kappa shape index (κ3) is 10.6. The molecule has 0 saturated carbocycles. The van der Waals surface area contributed by atoms with E-state index in [1.165, 1.54) is 11.8 Å². The first-order valence-electron chi connectivity index (χ1n) is 40.5. The van der Waals surface area contributed by atoms with Crippen LogP contribution in [0.4, 0.5) is 68.8 Å². The summed E-state index contributed by atoms with van der Waals surface area (Å²) in [6, 6.07) is 60.8. The number of para-hydroxylation sites is 4. The zero-order valence-corrected chi connectivity index (χ0v) is 61.6. The molecule has 0 bridgehead atoms. The Bertz CT molecular complexity index is 6040. The Balaban J connectivity index is 0.000000111. The van der Waals surface area contributed by atoms with Crippen LogP contribution in [0.15, 0.2) is 237 Å². The van der Waals surface area contributed by atoms with Crippen LogP contribution in [0.2, 0.25) is 0 Å². The lowest BCUT2D eigenvalue weighted by Gasteiger charge is -2.33. The average molecular weight is 1410 g/mol. The molecule has 0 saturated heterocycles. The predicted molar refractivity (Wildman–Crippen MR) is 438 cm³/mol. The number of furan rings is 4. The molecule has 8 aromatic heterocycles. The smallest absolute Gasteiger partial charge is 0.159 e. The van der Waals surface area contributed by atoms with Crippen molar-refractivity contribution in [3.63, 3.8) is 0 Å². The largest absolute Gasteiger partial charge is 0.454 e. The molecule has 4 aliphatic heterocycles. The van der Waals surface area contributed by atoms with Crippen LogP contribution in [0.3, 0.4) is 0 Å². The van der Waals surface area contributed by atoms with Gasteiger partial charge >= 0.3 is 0 Å². The topological polar surface area (TPSA) is 130 Å². The van der Waals surface area contributed by atoms with Gasteiger partial charge in [-0.2, -0.15) is 0 Å². The Morgan fingerprint density at radius 1 is 0.311 bits per heavy atom. The highest BCUT2D eigenvalue weighted by Crippen LogP contribution is 2.53. The lowest BCUT2D eigenvalue weighted by Crippen LogP contribution is -2.42. The fourth-order valence-corrected chi connectivity index (χ4v) is 16.6. The normalized spacial score (nSPS) is 19.0. The molecular formula is C90H88N12O4. The first-order valence-corrected chi connectivity index (χ1v) is 36.0. The molecule has 532 valence electrons. The van der Waals surface area contributed by atoms with E-state index in [0.29, 0.717) is 17.3 Å². The number of rotatable bonds is 7. The van der Waals surface area contributed by atoms with Gasteiger partial charge in [-0.25, -0.2) is 19.9 Å². The van der Waals surface area contributed by atoms with Crippen molar-refractivity contribution in [1.82, 2.24) is 19.9 Å². The SMILES string of the molecule is [2H]C(C)(C)N1c2cccnc2N(c2c(C)ccc3c2oc2ccccc23)C1C.[2H]C(C)(C)N1c2ncccc2N(c2c(C)ccc3c2oc2ccccc23)C1C.[2H]C([2H])([2H])C([2H])(C)N1c2cccnc2N(c2c(C)ccc3c2oc2ccccc23)C1C.[2H]C([2H])([2H])N1c2ncccc2N(c2c(C)ccc3c2oc2ccccc23)C1C. The molecule has 8 aromatic carbocycles. The maximum absolute atomic E-state index is 8.78. The minimum atomic E-state index is -2.51. The van der Waals surface area contributed by atoms with Crippen molar-refractivity contribution in [3.8, 4) is 0 Å². The van der Waals surface area contributed by atoms with E-state index in [2.05, 4.69) is 123 Å². The van der Waals surface area contributed by atoms with Crippen molar-refractivity contribution in [2.45, 2.75) is 140 Å². The summed E-state index contributed by atoms with van der Waals surface area (Å²) in [4.78, 5) is 34.0. The van der Waals surface area contributed by atoms with E-state index >= 15 is 0 Å². The van der Waals surface area contributed by atoms with Gasteiger partial charge in [0.05, 0.1) is 49.6 Å². The van der Waals surface area contributed by atoms with E-state index in [4.69, 9.17) is 35.0 Å². The van der Waals surface area contributed by atoms with Crippen molar-refractivity contribution in [2.24, 2.45) is 0 Å². The van der Waals surface area contributed by atoms with E-state index in [1.54, 1.807) is 29.6 Å². The molecule has 0 N–H and O–H groups in total. The Morgan fingerprint density at radius 3 is 0.972 bits per heavy atom. The quantitative estimate of drug-likeness (QED) is 0.150. The molecule has 12 heterocycles. The second-order valence-electron chi connectivity index (χ2n) is 28.2. The highest BCUT2D eigenvalue weighted by Gasteiger charge is 2.42. The fourth-order valence-electron chi connectivity index (χ4n) is 16.6. The highest BCUT2D eigenvalue weighted by atomic mass is 16.3. The molecule has 16 heteroatoms. The number of hydrogen-bond donors (Lipinski definition) is 0. The zero-order chi connectivity index (χ0) is 81.0. The molecule has 0 radical (unpaired) electrons. The number of benzene rings is 8. The van der Waals surface area contributed by atoms with Gasteiger partial charge in [-0.3, -0.25) is 0 Å². The van der Waals surface area contributed by atoms with E-state index in [1.807, 2.05) is 199 Å². The summed E-state index contributed by atoms with van der Waals surface area (Å²) in [5.41, 5.74) is 18.0. The maximum Gasteiger partial charge on any atom is 0.159 e. The van der Waals surface area contributed by atoms with E-state index in [9.17, 15) is 0 Å². The van der Waals surface area contributed by atoms with Crippen molar-refractivity contribution in [1.29, 1.82) is 0 Å². The van der Waals surface area contributed by atoms with Gasteiger partial charge in [0.25, 0.3) is 0 Å². The van der Waals surface area contributed by atoms with Crippen LogP contribution in [-0.4, -0.2) is 69.6 Å². The molecule has 20 rings (SSSR count). The first-order chi connectivity index (χ1) is 54.8. The summed E-state index contributed by atoms with van der Waals surface area (Å²) in [6.45, 7) is 20.5. The van der Waals surface area contributed by atoms with Crippen LogP contribution in [0, 0.1) is 27.7 Å². The molecule has 4 aliphatic rings. The molecule has 0 amide bonds. The summed E-state index contributed by atoms with van der Waals surface area (Å²) < 4.78 is 99.4. The van der Waals surface area contributed by atoms with Crippen LogP contribution >= 0.6 is 0 Å². The van der Waals surface area contributed by atoms with Gasteiger partial charge in [-0.15, -0.1) is 0 Å². The monoisotopic (exact) mass is 1410 g/mol. The number of pyridine rings is 4. The number of nitrogens with zero attached hydrogens (tertiary/aromatic N) is 12. The summed E-state index contributed by atoms with van der Waals surface area (Å²) in [5.74, 6) is 2.78. The van der Waals surface area contributed by atoms with Gasteiger partial charge in [0.15, 0.2) is 45.6 Å². The third-order valence-electron chi connectivity index (χ3n) is 21.2. The van der Waals surface area contributed by atoms with E-state index in [-0.39, 0.29) is 12.3 Å². The molecular weight excluding hydrogens is 1310 g/mol. The number of aryl methyl sites for hydroxylation is 4. The van der Waals surface area contributed by atoms with Gasteiger partial charge in [0, 0.05) is 101 Å². The lowest BCUT2D eigenvalue weighted by atomic mass is 10.1. The minimum Gasteiger partial charge on any atom is -0.454 e. The Morgan fingerprint density at radius 2 is 0.613 bits per heavy atom. The van der Waals surface area contributed by atoms with Crippen molar-refractivity contribution >= 4 is 157 Å². The number of aromatic nitrogens is 4. The summed E-state index contributed by atoms with van der Waals surface area (Å²) in [6.07, 6.45) is 5.91. The van der Waals surface area contributed by atoms with Gasteiger partial charge < -0.3 is 56.9 Å². The highest BCUT2D eigenvalue weighted by molar-refractivity contribution is 6.14. The number of anilines is 12. The third-order valence-corrected chi connectivity index (χ3v) is 21.2. The average Bonchev–Trinajstić information content (AvgIpc) is 1.58. The first kappa shape index (κ1) is 57.4. The van der Waals surface area contributed by atoms with Crippen LogP contribution in [-0.2, 0) is 0 Å². The van der Waals surface area contributed by atoms with Gasteiger partial charge in [-0.05, 0) is 192 Å². The molecule has 5 atom stereocenters. The lowest BCUT2D eigenvalue weighted by molar-refractivity contribution is 0.598. The van der Waals surface area contributed by atoms with Crippen LogP contribution in [0.25, 0.3) is 87.8 Å². The second-order valence-corrected chi connectivity index (χ2v) is 28.2. The molecule has 5 unspecified atom stereocenters. The molecule has 0 fully saturated rings. The minimum absolute atomic E-state index is 0.0603. The van der Waals surface area contributed by atoms with Crippen molar-refractivity contribution in [2.75, 3.05) is 46.2 Å². The summed E-state index contributed by atoms with van der Waals surface area (Å²) >= 11 is 0. The second kappa shape index (κ2) is 26.3. The van der Waals surface area contributed by atoms with Gasteiger partial charge in [0.1, 0.15) is 47.0 Å². The molecule has 16 nitrogen and oxygen atoms in total. The summed E-state index contributed by atoms with van der Waals surface area (Å²) in [7, 11) is 0. The van der Waals surface area contributed by atoms with Crippen LogP contribution in [0.5, 0.6) is 0 Å². The Labute approximate surface area is 630 Å². The number of hydrogen-bond acceptors (Lipinski definition) is 16. The molecule has 0 aliphatic carbocycles. The Kier molecular flexibility index (Phi) is 14.2. The van der Waals surface area contributed by atoms with E-state index in [0.717, 1.165) is 161 Å². The number of fused-ring (bicyclic) bond motifs is 16. The summed E-state index contributed by atoms with van der Waals surface area (Å²) in [5, 5.41) is 8.52. The predicted octanol–water partition coefficient (Wildman–Crippen LogP) is 23.2.